The van der Waals surface area contributed by atoms with Crippen molar-refractivity contribution in [1.29, 1.82) is 0 Å². The minimum absolute atomic E-state index is 0.730. The molecular formula is C18H26N2S. The van der Waals surface area contributed by atoms with Crippen molar-refractivity contribution in [1.82, 2.24) is 4.90 Å². The number of fused-ring (bicyclic) bond motifs is 3. The Bertz CT molecular complexity index is 530. The second-order valence-electron chi connectivity index (χ2n) is 6.80. The molecule has 4 rings (SSSR count). The average Bonchev–Trinajstić information content (AvgIpc) is 2.69. The van der Waals surface area contributed by atoms with E-state index in [1.165, 1.54) is 49.5 Å². The Kier molecular flexibility index (Phi) is 3.66. The minimum Gasteiger partial charge on any atom is -0.367 e. The summed E-state index contributed by atoms with van der Waals surface area (Å²) < 4.78 is 0. The first-order chi connectivity index (χ1) is 10.3. The average molecular weight is 302 g/mol. The van der Waals surface area contributed by atoms with E-state index in [-0.39, 0.29) is 0 Å². The van der Waals surface area contributed by atoms with Crippen molar-refractivity contribution in [2.24, 2.45) is 0 Å². The predicted molar refractivity (Wildman–Crippen MR) is 91.6 cm³/mol. The molecule has 1 fully saturated rings. The lowest BCUT2D eigenvalue weighted by Crippen LogP contribution is -2.49. The van der Waals surface area contributed by atoms with Crippen molar-refractivity contribution < 1.29 is 0 Å². The Balaban J connectivity index is 1.70. The molecule has 0 radical (unpaired) electrons. The van der Waals surface area contributed by atoms with Crippen molar-refractivity contribution in [3.63, 3.8) is 0 Å². The Morgan fingerprint density at radius 3 is 3.10 bits per heavy atom. The third kappa shape index (κ3) is 2.20. The number of nitrogens with zero attached hydrogens (tertiary/aromatic N) is 2. The maximum atomic E-state index is 2.77. The van der Waals surface area contributed by atoms with Crippen LogP contribution in [-0.4, -0.2) is 42.4 Å². The van der Waals surface area contributed by atoms with Crippen LogP contribution in [0.3, 0.4) is 0 Å². The van der Waals surface area contributed by atoms with Gasteiger partial charge in [-0.05, 0) is 43.6 Å². The van der Waals surface area contributed by atoms with Gasteiger partial charge in [-0.2, -0.15) is 0 Å². The fourth-order valence-electron chi connectivity index (χ4n) is 4.42. The topological polar surface area (TPSA) is 6.48 Å². The number of rotatable bonds is 2. The molecule has 1 saturated heterocycles. The van der Waals surface area contributed by atoms with E-state index in [0.717, 1.165) is 18.0 Å². The molecule has 0 amide bonds. The lowest BCUT2D eigenvalue weighted by atomic mass is 9.88. The maximum Gasteiger partial charge on any atom is 0.0543 e. The van der Waals surface area contributed by atoms with Crippen molar-refractivity contribution >= 4 is 17.4 Å². The lowest BCUT2D eigenvalue weighted by Gasteiger charge is -2.41. The number of likely N-dealkylation sites (tertiary alicyclic amines) is 1. The summed E-state index contributed by atoms with van der Waals surface area (Å²) >= 11 is 2.07. The van der Waals surface area contributed by atoms with Crippen LogP contribution >= 0.6 is 11.8 Å². The van der Waals surface area contributed by atoms with Crippen LogP contribution in [0.25, 0.3) is 0 Å². The van der Waals surface area contributed by atoms with Crippen molar-refractivity contribution in [3.05, 3.63) is 23.8 Å². The van der Waals surface area contributed by atoms with E-state index in [2.05, 4.69) is 53.6 Å². The van der Waals surface area contributed by atoms with E-state index in [1.807, 2.05) is 0 Å². The molecule has 0 saturated carbocycles. The molecule has 3 aliphatic rings. The van der Waals surface area contributed by atoms with E-state index in [4.69, 9.17) is 0 Å². The third-order valence-corrected chi connectivity index (χ3v) is 6.87. The summed E-state index contributed by atoms with van der Waals surface area (Å²) in [4.78, 5) is 7.03. The molecule has 114 valence electrons. The highest BCUT2D eigenvalue weighted by Gasteiger charge is 2.43. The zero-order chi connectivity index (χ0) is 14.4. The lowest BCUT2D eigenvalue weighted by molar-refractivity contribution is 0.144. The summed E-state index contributed by atoms with van der Waals surface area (Å²) in [6, 6.07) is 8.53. The fraction of sp³-hybridized carbons (Fsp3) is 0.667. The van der Waals surface area contributed by atoms with E-state index in [1.54, 1.807) is 11.3 Å². The van der Waals surface area contributed by atoms with Gasteiger partial charge in [0.25, 0.3) is 0 Å². The standard InChI is InChI=1S/C18H26N2S/c1-3-13(2)19-10-8-16-15(12-19)14-6-4-7-17-18(14)20(16)9-5-11-21-17/h4,6-7,13,15-16H,3,5,8-12H2,1-2H3/t13-,15+,16+/m0/s1. The molecule has 0 spiro atoms. The van der Waals surface area contributed by atoms with Gasteiger partial charge in [0.2, 0.25) is 0 Å². The van der Waals surface area contributed by atoms with Gasteiger partial charge in [-0.1, -0.05) is 19.1 Å². The Morgan fingerprint density at radius 2 is 2.24 bits per heavy atom. The molecule has 1 aromatic rings. The van der Waals surface area contributed by atoms with Crippen LogP contribution in [0.15, 0.2) is 23.1 Å². The van der Waals surface area contributed by atoms with Gasteiger partial charge in [-0.25, -0.2) is 0 Å². The van der Waals surface area contributed by atoms with E-state index in [9.17, 15) is 0 Å². The van der Waals surface area contributed by atoms with Gasteiger partial charge in [0.1, 0.15) is 0 Å². The third-order valence-electron chi connectivity index (χ3n) is 5.74. The first-order valence-corrected chi connectivity index (χ1v) is 9.54. The highest BCUT2D eigenvalue weighted by molar-refractivity contribution is 7.99. The van der Waals surface area contributed by atoms with Crippen LogP contribution in [0.5, 0.6) is 0 Å². The van der Waals surface area contributed by atoms with E-state index in [0.29, 0.717) is 0 Å². The molecule has 0 aromatic heterocycles. The van der Waals surface area contributed by atoms with E-state index < -0.39 is 0 Å². The molecular weight excluding hydrogens is 276 g/mol. The first-order valence-electron chi connectivity index (χ1n) is 8.56. The highest BCUT2D eigenvalue weighted by Crippen LogP contribution is 2.50. The molecule has 3 aliphatic heterocycles. The van der Waals surface area contributed by atoms with Crippen LogP contribution in [0.4, 0.5) is 5.69 Å². The number of anilines is 1. The van der Waals surface area contributed by atoms with Gasteiger partial charge < -0.3 is 4.90 Å². The van der Waals surface area contributed by atoms with Gasteiger partial charge in [0, 0.05) is 42.5 Å². The zero-order valence-electron chi connectivity index (χ0n) is 13.2. The van der Waals surface area contributed by atoms with Crippen LogP contribution in [0.2, 0.25) is 0 Å². The van der Waals surface area contributed by atoms with Gasteiger partial charge in [-0.15, -0.1) is 11.8 Å². The summed E-state index contributed by atoms with van der Waals surface area (Å²) in [5.74, 6) is 2.02. The second-order valence-corrected chi connectivity index (χ2v) is 7.94. The van der Waals surface area contributed by atoms with Crippen LogP contribution in [-0.2, 0) is 0 Å². The maximum absolute atomic E-state index is 2.77. The number of piperidine rings is 1. The van der Waals surface area contributed by atoms with Crippen LogP contribution in [0, 0.1) is 0 Å². The first kappa shape index (κ1) is 14.0. The van der Waals surface area contributed by atoms with Gasteiger partial charge in [0.05, 0.1) is 5.69 Å². The van der Waals surface area contributed by atoms with Crippen molar-refractivity contribution in [2.45, 2.75) is 56.0 Å². The quantitative estimate of drug-likeness (QED) is 0.816. The molecule has 0 bridgehead atoms. The van der Waals surface area contributed by atoms with Crippen molar-refractivity contribution in [2.75, 3.05) is 30.3 Å². The summed E-state index contributed by atoms with van der Waals surface area (Å²) in [6.07, 6.45) is 3.94. The molecule has 0 unspecified atom stereocenters. The van der Waals surface area contributed by atoms with Gasteiger partial charge in [-0.3, -0.25) is 4.90 Å². The van der Waals surface area contributed by atoms with Gasteiger partial charge >= 0.3 is 0 Å². The molecule has 3 atom stereocenters. The fourth-order valence-corrected chi connectivity index (χ4v) is 5.46. The summed E-state index contributed by atoms with van der Waals surface area (Å²) in [5.41, 5.74) is 3.24. The number of para-hydroxylation sites is 1. The van der Waals surface area contributed by atoms with Crippen LogP contribution < -0.4 is 4.90 Å². The van der Waals surface area contributed by atoms with Gasteiger partial charge in [0.15, 0.2) is 0 Å². The highest BCUT2D eigenvalue weighted by atomic mass is 32.2. The largest absolute Gasteiger partial charge is 0.367 e. The summed E-state index contributed by atoms with van der Waals surface area (Å²) in [5, 5.41) is 0. The molecule has 2 nitrogen and oxygen atoms in total. The predicted octanol–water partition coefficient (Wildman–Crippen LogP) is 3.96. The zero-order valence-corrected chi connectivity index (χ0v) is 14.0. The molecule has 3 heterocycles. The minimum atomic E-state index is 0.730. The molecule has 1 aromatic carbocycles. The van der Waals surface area contributed by atoms with E-state index >= 15 is 0 Å². The summed E-state index contributed by atoms with van der Waals surface area (Å²) in [6.45, 7) is 8.52. The smallest absolute Gasteiger partial charge is 0.0543 e. The normalized spacial score (nSPS) is 29.7. The Labute approximate surface area is 132 Å². The summed E-state index contributed by atoms with van der Waals surface area (Å²) in [7, 11) is 0. The number of hydrogen-bond donors (Lipinski definition) is 0. The van der Waals surface area contributed by atoms with Crippen LogP contribution in [0.1, 0.15) is 44.6 Å². The molecule has 21 heavy (non-hydrogen) atoms. The Morgan fingerprint density at radius 1 is 1.33 bits per heavy atom. The number of thioether (sulfide) groups is 1. The monoisotopic (exact) mass is 302 g/mol. The molecule has 0 aliphatic carbocycles. The van der Waals surface area contributed by atoms with Crippen molar-refractivity contribution in [3.8, 4) is 0 Å². The number of hydrogen-bond acceptors (Lipinski definition) is 3. The second kappa shape index (κ2) is 5.51. The SMILES string of the molecule is CC[C@H](C)N1CC[C@@H]2[C@H](C1)c1cccc3c1N2CCCS3. The Hall–Kier alpha value is -0.670. The molecule has 0 N–H and O–H groups in total. The number of benzene rings is 1. The molecule has 3 heteroatoms.